The zero-order chi connectivity index (χ0) is 10.6. The number of hydrogen-bond donors (Lipinski definition) is 2. The molecular formula is C10H15ClN2O. The molecule has 3 N–H and O–H groups in total. The number of anilines is 1. The van der Waals surface area contributed by atoms with Crippen LogP contribution >= 0.6 is 11.6 Å². The summed E-state index contributed by atoms with van der Waals surface area (Å²) in [6, 6.07) is 4.01. The van der Waals surface area contributed by atoms with Gasteiger partial charge >= 0.3 is 0 Å². The summed E-state index contributed by atoms with van der Waals surface area (Å²) in [5.74, 6) is 4.92. The van der Waals surface area contributed by atoms with E-state index >= 15 is 0 Å². The molecule has 14 heavy (non-hydrogen) atoms. The number of hydrogen-bond acceptors (Lipinski definition) is 3. The molecule has 78 valence electrons. The minimum atomic E-state index is 0.462. The molecule has 1 aromatic carbocycles. The lowest BCUT2D eigenvalue weighted by atomic mass is 10.1. The van der Waals surface area contributed by atoms with Crippen molar-refractivity contribution in [1.82, 2.24) is 0 Å². The van der Waals surface area contributed by atoms with Crippen molar-refractivity contribution in [3.8, 4) is 0 Å². The Balaban J connectivity index is 2.75. The van der Waals surface area contributed by atoms with Crippen LogP contribution in [0, 0.1) is 13.8 Å². The Bertz CT molecular complexity index is 292. The van der Waals surface area contributed by atoms with E-state index in [-0.39, 0.29) is 0 Å². The summed E-state index contributed by atoms with van der Waals surface area (Å²) < 4.78 is 0. The first-order valence-electron chi connectivity index (χ1n) is 4.47. The maximum atomic E-state index is 6.08. The van der Waals surface area contributed by atoms with Gasteiger partial charge in [0, 0.05) is 6.54 Å². The van der Waals surface area contributed by atoms with Gasteiger partial charge in [0.15, 0.2) is 0 Å². The Labute approximate surface area is 89.2 Å². The first kappa shape index (κ1) is 11.3. The molecule has 1 aromatic rings. The molecule has 0 fully saturated rings. The van der Waals surface area contributed by atoms with E-state index in [4.69, 9.17) is 17.5 Å². The Morgan fingerprint density at radius 2 is 2.14 bits per heavy atom. The normalized spacial score (nSPS) is 10.3. The van der Waals surface area contributed by atoms with Gasteiger partial charge in [-0.1, -0.05) is 17.7 Å². The highest BCUT2D eigenvalue weighted by Crippen LogP contribution is 2.26. The first-order valence-corrected chi connectivity index (χ1v) is 4.85. The van der Waals surface area contributed by atoms with Crippen LogP contribution in [-0.4, -0.2) is 13.2 Å². The van der Waals surface area contributed by atoms with Gasteiger partial charge in [-0.3, -0.25) is 0 Å². The van der Waals surface area contributed by atoms with Crippen molar-refractivity contribution in [1.29, 1.82) is 0 Å². The number of nitrogens with one attached hydrogen (secondary N) is 1. The van der Waals surface area contributed by atoms with Crippen LogP contribution in [-0.2, 0) is 4.84 Å². The molecule has 4 heteroatoms. The number of nitrogens with two attached hydrogens (primary N) is 1. The third-order valence-corrected chi connectivity index (χ3v) is 2.25. The summed E-state index contributed by atoms with van der Waals surface area (Å²) in [5, 5.41) is 3.91. The van der Waals surface area contributed by atoms with Crippen molar-refractivity contribution >= 4 is 17.3 Å². The summed E-state index contributed by atoms with van der Waals surface area (Å²) >= 11 is 6.08. The summed E-state index contributed by atoms with van der Waals surface area (Å²) in [6.07, 6.45) is 0. The summed E-state index contributed by atoms with van der Waals surface area (Å²) in [5.41, 5.74) is 3.24. The lowest BCUT2D eigenvalue weighted by Gasteiger charge is -2.11. The van der Waals surface area contributed by atoms with E-state index in [0.717, 1.165) is 21.8 Å². The molecule has 0 saturated heterocycles. The van der Waals surface area contributed by atoms with Crippen LogP contribution in [0.4, 0.5) is 5.69 Å². The highest BCUT2D eigenvalue weighted by Gasteiger charge is 2.03. The lowest BCUT2D eigenvalue weighted by Crippen LogP contribution is -2.13. The van der Waals surface area contributed by atoms with Crippen LogP contribution in [0.15, 0.2) is 12.1 Å². The molecule has 0 saturated carbocycles. The predicted molar refractivity (Wildman–Crippen MR) is 59.6 cm³/mol. The van der Waals surface area contributed by atoms with E-state index in [1.807, 2.05) is 19.9 Å². The molecule has 0 heterocycles. The SMILES string of the molecule is Cc1cc(C)c(NCCON)c(Cl)c1. The molecule has 0 atom stereocenters. The third kappa shape index (κ3) is 2.87. The van der Waals surface area contributed by atoms with Crippen molar-refractivity contribution in [2.24, 2.45) is 5.90 Å². The fraction of sp³-hybridized carbons (Fsp3) is 0.400. The average molecular weight is 215 g/mol. The second kappa shape index (κ2) is 5.20. The van der Waals surface area contributed by atoms with Gasteiger partial charge < -0.3 is 10.2 Å². The first-order chi connectivity index (χ1) is 6.65. The maximum Gasteiger partial charge on any atom is 0.0851 e. The zero-order valence-electron chi connectivity index (χ0n) is 8.43. The van der Waals surface area contributed by atoms with Crippen molar-refractivity contribution < 1.29 is 4.84 Å². The quantitative estimate of drug-likeness (QED) is 0.597. The molecule has 0 unspecified atom stereocenters. The Kier molecular flexibility index (Phi) is 4.20. The average Bonchev–Trinajstić information content (AvgIpc) is 2.09. The molecule has 3 nitrogen and oxygen atoms in total. The van der Waals surface area contributed by atoms with Gasteiger partial charge in [-0.05, 0) is 31.0 Å². The second-order valence-electron chi connectivity index (χ2n) is 3.24. The number of rotatable bonds is 4. The number of halogens is 1. The van der Waals surface area contributed by atoms with Crippen molar-refractivity contribution in [2.75, 3.05) is 18.5 Å². The van der Waals surface area contributed by atoms with Crippen LogP contribution in [0.2, 0.25) is 5.02 Å². The maximum absolute atomic E-state index is 6.08. The molecular weight excluding hydrogens is 200 g/mol. The van der Waals surface area contributed by atoms with Crippen molar-refractivity contribution in [3.63, 3.8) is 0 Å². The highest BCUT2D eigenvalue weighted by atomic mass is 35.5. The van der Waals surface area contributed by atoms with Crippen LogP contribution in [0.3, 0.4) is 0 Å². The molecule has 0 aromatic heterocycles. The van der Waals surface area contributed by atoms with Gasteiger partial charge in [0.1, 0.15) is 0 Å². The van der Waals surface area contributed by atoms with Crippen LogP contribution in [0.25, 0.3) is 0 Å². The molecule has 0 bridgehead atoms. The Morgan fingerprint density at radius 3 is 2.71 bits per heavy atom. The molecule has 0 spiro atoms. The smallest absolute Gasteiger partial charge is 0.0851 e. The lowest BCUT2D eigenvalue weighted by molar-refractivity contribution is 0.148. The van der Waals surface area contributed by atoms with Crippen molar-refractivity contribution in [3.05, 3.63) is 28.3 Å². The molecule has 0 aliphatic rings. The summed E-state index contributed by atoms with van der Waals surface area (Å²) in [7, 11) is 0. The Morgan fingerprint density at radius 1 is 1.43 bits per heavy atom. The van der Waals surface area contributed by atoms with Gasteiger partial charge in [-0.25, -0.2) is 5.90 Å². The van der Waals surface area contributed by atoms with Gasteiger partial charge in [0.25, 0.3) is 0 Å². The van der Waals surface area contributed by atoms with E-state index < -0.39 is 0 Å². The van der Waals surface area contributed by atoms with E-state index in [1.54, 1.807) is 0 Å². The van der Waals surface area contributed by atoms with E-state index in [1.165, 1.54) is 0 Å². The van der Waals surface area contributed by atoms with Crippen LogP contribution in [0.1, 0.15) is 11.1 Å². The van der Waals surface area contributed by atoms with E-state index in [2.05, 4.69) is 16.2 Å². The molecule has 1 rings (SSSR count). The van der Waals surface area contributed by atoms with Gasteiger partial charge in [-0.15, -0.1) is 0 Å². The third-order valence-electron chi connectivity index (χ3n) is 1.95. The zero-order valence-corrected chi connectivity index (χ0v) is 9.19. The van der Waals surface area contributed by atoms with E-state index in [0.29, 0.717) is 13.2 Å². The number of benzene rings is 1. The molecule has 0 aliphatic heterocycles. The fourth-order valence-corrected chi connectivity index (χ4v) is 1.76. The topological polar surface area (TPSA) is 47.3 Å². The van der Waals surface area contributed by atoms with Crippen LogP contribution < -0.4 is 11.2 Å². The molecule has 0 amide bonds. The monoisotopic (exact) mass is 214 g/mol. The van der Waals surface area contributed by atoms with Crippen molar-refractivity contribution in [2.45, 2.75) is 13.8 Å². The minimum Gasteiger partial charge on any atom is -0.381 e. The summed E-state index contributed by atoms with van der Waals surface area (Å²) in [6.45, 7) is 5.15. The van der Waals surface area contributed by atoms with Gasteiger partial charge in [0.05, 0.1) is 17.3 Å². The van der Waals surface area contributed by atoms with E-state index in [9.17, 15) is 0 Å². The standard InChI is InChI=1S/C10H15ClN2O/c1-7-5-8(2)10(9(11)6-7)13-3-4-14-12/h5-6,13H,3-4,12H2,1-2H3. The molecule has 0 radical (unpaired) electrons. The largest absolute Gasteiger partial charge is 0.381 e. The highest BCUT2D eigenvalue weighted by molar-refractivity contribution is 6.33. The number of aryl methyl sites for hydroxylation is 2. The van der Waals surface area contributed by atoms with Gasteiger partial charge in [-0.2, -0.15) is 0 Å². The van der Waals surface area contributed by atoms with Crippen LogP contribution in [0.5, 0.6) is 0 Å². The molecule has 0 aliphatic carbocycles. The minimum absolute atomic E-state index is 0.462. The summed E-state index contributed by atoms with van der Waals surface area (Å²) in [4.78, 5) is 4.46. The Hall–Kier alpha value is -0.770. The second-order valence-corrected chi connectivity index (χ2v) is 3.64. The van der Waals surface area contributed by atoms with Gasteiger partial charge in [0.2, 0.25) is 0 Å². The predicted octanol–water partition coefficient (Wildman–Crippen LogP) is 2.26. The fourth-order valence-electron chi connectivity index (χ4n) is 1.37.